The molecular weight excluding hydrogens is 306 g/mol. The van der Waals surface area contributed by atoms with Crippen LogP contribution in [0.5, 0.6) is 5.75 Å². The molecule has 1 fully saturated rings. The highest BCUT2D eigenvalue weighted by molar-refractivity contribution is 7.98. The van der Waals surface area contributed by atoms with Gasteiger partial charge in [-0.25, -0.2) is 0 Å². The Kier molecular flexibility index (Phi) is 5.23. The number of methoxy groups -OCH3 is 1. The Balaban J connectivity index is 1.59. The fourth-order valence-electron chi connectivity index (χ4n) is 2.70. The first-order chi connectivity index (χ1) is 11.3. The summed E-state index contributed by atoms with van der Waals surface area (Å²) >= 11 is 1.77. The Labute approximate surface area is 141 Å². The molecule has 1 aliphatic rings. The maximum Gasteiger partial charge on any atom is 0.253 e. The van der Waals surface area contributed by atoms with Crippen LogP contribution in [0.25, 0.3) is 0 Å². The third-order valence-electron chi connectivity index (χ3n) is 4.04. The van der Waals surface area contributed by atoms with Crippen molar-refractivity contribution in [2.75, 3.05) is 20.2 Å². The lowest BCUT2D eigenvalue weighted by atomic mass is 10.1. The van der Waals surface area contributed by atoms with Crippen LogP contribution in [0.15, 0.2) is 53.4 Å². The van der Waals surface area contributed by atoms with Crippen LogP contribution in [0, 0.1) is 0 Å². The molecule has 1 amide bonds. The zero-order valence-electron chi connectivity index (χ0n) is 13.3. The molecule has 1 aliphatic heterocycles. The molecular formula is C19H21NO2S. The summed E-state index contributed by atoms with van der Waals surface area (Å²) in [6, 6.07) is 16.1. The topological polar surface area (TPSA) is 29.5 Å². The van der Waals surface area contributed by atoms with E-state index >= 15 is 0 Å². The average Bonchev–Trinajstić information content (AvgIpc) is 3.14. The zero-order chi connectivity index (χ0) is 16.1. The first-order valence-electron chi connectivity index (χ1n) is 7.91. The van der Waals surface area contributed by atoms with Crippen LogP contribution in [0.2, 0.25) is 0 Å². The van der Waals surface area contributed by atoms with E-state index in [2.05, 4.69) is 18.2 Å². The van der Waals surface area contributed by atoms with Gasteiger partial charge in [0.25, 0.3) is 5.91 Å². The molecule has 0 N–H and O–H groups in total. The summed E-state index contributed by atoms with van der Waals surface area (Å²) in [5.74, 6) is 1.92. The van der Waals surface area contributed by atoms with E-state index in [0.717, 1.165) is 43.0 Å². The van der Waals surface area contributed by atoms with Gasteiger partial charge in [0.15, 0.2) is 0 Å². The fraction of sp³-hybridized carbons (Fsp3) is 0.316. The van der Waals surface area contributed by atoms with Gasteiger partial charge < -0.3 is 9.64 Å². The quantitative estimate of drug-likeness (QED) is 0.770. The molecule has 1 saturated heterocycles. The molecule has 0 aliphatic carbocycles. The molecule has 0 atom stereocenters. The second kappa shape index (κ2) is 7.55. The van der Waals surface area contributed by atoms with Gasteiger partial charge in [0.1, 0.15) is 5.75 Å². The van der Waals surface area contributed by atoms with Crippen molar-refractivity contribution >= 4 is 17.7 Å². The van der Waals surface area contributed by atoms with E-state index in [0.29, 0.717) is 0 Å². The van der Waals surface area contributed by atoms with Crippen molar-refractivity contribution in [1.29, 1.82) is 0 Å². The van der Waals surface area contributed by atoms with Crippen molar-refractivity contribution in [2.24, 2.45) is 0 Å². The molecule has 4 heteroatoms. The SMILES string of the molecule is COc1cccc(SCc2ccc(C(=O)N3CCCC3)cc2)c1. The molecule has 0 radical (unpaired) electrons. The number of amides is 1. The number of ether oxygens (including phenoxy) is 1. The Bertz CT molecular complexity index is 663. The highest BCUT2D eigenvalue weighted by atomic mass is 32.2. The normalized spacial score (nSPS) is 14.0. The lowest BCUT2D eigenvalue weighted by Crippen LogP contribution is -2.27. The van der Waals surface area contributed by atoms with Crippen molar-refractivity contribution in [2.45, 2.75) is 23.5 Å². The van der Waals surface area contributed by atoms with E-state index in [1.54, 1.807) is 18.9 Å². The van der Waals surface area contributed by atoms with Crippen LogP contribution in [-0.4, -0.2) is 31.0 Å². The van der Waals surface area contributed by atoms with Crippen molar-refractivity contribution < 1.29 is 9.53 Å². The molecule has 0 bridgehead atoms. The maximum atomic E-state index is 12.3. The minimum Gasteiger partial charge on any atom is -0.497 e. The average molecular weight is 327 g/mol. The molecule has 2 aromatic rings. The van der Waals surface area contributed by atoms with Crippen LogP contribution in [0.3, 0.4) is 0 Å². The molecule has 0 saturated carbocycles. The molecule has 3 nitrogen and oxygen atoms in total. The monoisotopic (exact) mass is 327 g/mol. The number of rotatable bonds is 5. The van der Waals surface area contributed by atoms with Gasteiger partial charge in [0.2, 0.25) is 0 Å². The smallest absolute Gasteiger partial charge is 0.253 e. The molecule has 1 heterocycles. The second-order valence-electron chi connectivity index (χ2n) is 5.66. The largest absolute Gasteiger partial charge is 0.497 e. The predicted molar refractivity (Wildman–Crippen MR) is 94.1 cm³/mol. The fourth-order valence-corrected chi connectivity index (χ4v) is 3.60. The number of benzene rings is 2. The van der Waals surface area contributed by atoms with Gasteiger partial charge in [-0.15, -0.1) is 11.8 Å². The first-order valence-corrected chi connectivity index (χ1v) is 8.90. The van der Waals surface area contributed by atoms with Crippen LogP contribution in [0.1, 0.15) is 28.8 Å². The van der Waals surface area contributed by atoms with E-state index in [1.165, 1.54) is 10.5 Å². The Morgan fingerprint density at radius 3 is 2.57 bits per heavy atom. The van der Waals surface area contributed by atoms with Crippen LogP contribution < -0.4 is 4.74 Å². The van der Waals surface area contributed by atoms with E-state index in [4.69, 9.17) is 4.74 Å². The van der Waals surface area contributed by atoms with E-state index in [-0.39, 0.29) is 5.91 Å². The van der Waals surface area contributed by atoms with E-state index < -0.39 is 0 Å². The number of hydrogen-bond donors (Lipinski definition) is 0. The van der Waals surface area contributed by atoms with Gasteiger partial charge in [-0.05, 0) is 48.7 Å². The zero-order valence-corrected chi connectivity index (χ0v) is 14.1. The van der Waals surface area contributed by atoms with E-state index in [1.807, 2.05) is 35.2 Å². The highest BCUT2D eigenvalue weighted by Crippen LogP contribution is 2.26. The lowest BCUT2D eigenvalue weighted by molar-refractivity contribution is 0.0793. The summed E-state index contributed by atoms with van der Waals surface area (Å²) in [7, 11) is 1.68. The second-order valence-corrected chi connectivity index (χ2v) is 6.71. The lowest BCUT2D eigenvalue weighted by Gasteiger charge is -2.15. The number of nitrogens with zero attached hydrogens (tertiary/aromatic N) is 1. The van der Waals surface area contributed by atoms with Crippen LogP contribution in [-0.2, 0) is 5.75 Å². The molecule has 0 unspecified atom stereocenters. The van der Waals surface area contributed by atoms with Gasteiger partial charge in [-0.2, -0.15) is 0 Å². The highest BCUT2D eigenvalue weighted by Gasteiger charge is 2.19. The van der Waals surface area contributed by atoms with Crippen molar-refractivity contribution in [1.82, 2.24) is 4.90 Å². The number of likely N-dealkylation sites (tertiary alicyclic amines) is 1. The molecule has 2 aromatic carbocycles. The summed E-state index contributed by atoms with van der Waals surface area (Å²) < 4.78 is 5.24. The van der Waals surface area contributed by atoms with Gasteiger partial charge in [-0.1, -0.05) is 18.2 Å². The Morgan fingerprint density at radius 2 is 1.87 bits per heavy atom. The maximum absolute atomic E-state index is 12.3. The summed E-state index contributed by atoms with van der Waals surface area (Å²) in [4.78, 5) is 15.4. The first kappa shape index (κ1) is 15.9. The molecule has 0 spiro atoms. The number of thioether (sulfide) groups is 1. The number of carbonyl (C=O) groups excluding carboxylic acids is 1. The minimum atomic E-state index is 0.162. The summed E-state index contributed by atoms with van der Waals surface area (Å²) in [5.41, 5.74) is 2.01. The Morgan fingerprint density at radius 1 is 1.13 bits per heavy atom. The van der Waals surface area contributed by atoms with Crippen LogP contribution in [0.4, 0.5) is 0 Å². The van der Waals surface area contributed by atoms with Crippen LogP contribution >= 0.6 is 11.8 Å². The molecule has 3 rings (SSSR count). The van der Waals surface area contributed by atoms with Gasteiger partial charge >= 0.3 is 0 Å². The van der Waals surface area contributed by atoms with Crippen molar-refractivity contribution in [3.8, 4) is 5.75 Å². The number of hydrogen-bond acceptors (Lipinski definition) is 3. The Hall–Kier alpha value is -1.94. The standard InChI is InChI=1S/C19H21NO2S/c1-22-17-5-4-6-18(13-17)23-14-15-7-9-16(10-8-15)19(21)20-11-2-3-12-20/h4-10,13H,2-3,11-12,14H2,1H3. The van der Waals surface area contributed by atoms with E-state index in [9.17, 15) is 4.79 Å². The summed E-state index contributed by atoms with van der Waals surface area (Å²) in [5, 5.41) is 0. The molecule has 120 valence electrons. The third kappa shape index (κ3) is 4.08. The number of carbonyl (C=O) groups is 1. The minimum absolute atomic E-state index is 0.162. The van der Waals surface area contributed by atoms with Gasteiger partial charge in [0.05, 0.1) is 7.11 Å². The molecule has 0 aromatic heterocycles. The van der Waals surface area contributed by atoms with Gasteiger partial charge in [-0.3, -0.25) is 4.79 Å². The summed E-state index contributed by atoms with van der Waals surface area (Å²) in [6.07, 6.45) is 2.25. The van der Waals surface area contributed by atoms with Gasteiger partial charge in [0, 0.05) is 29.3 Å². The third-order valence-corrected chi connectivity index (χ3v) is 5.11. The predicted octanol–water partition coefficient (Wildman–Crippen LogP) is 4.22. The van der Waals surface area contributed by atoms with Crippen molar-refractivity contribution in [3.63, 3.8) is 0 Å². The molecule has 23 heavy (non-hydrogen) atoms. The summed E-state index contributed by atoms with van der Waals surface area (Å²) in [6.45, 7) is 1.79. The van der Waals surface area contributed by atoms with Crippen molar-refractivity contribution in [3.05, 3.63) is 59.7 Å².